The summed E-state index contributed by atoms with van der Waals surface area (Å²) in [5, 5.41) is 0. The van der Waals surface area contributed by atoms with Gasteiger partial charge in [0.2, 0.25) is 0 Å². The summed E-state index contributed by atoms with van der Waals surface area (Å²) in [7, 11) is 2.14. The average molecular weight is 208 g/mol. The number of thioether (sulfide) groups is 1. The zero-order valence-corrected chi connectivity index (χ0v) is 9.26. The molecule has 1 aromatic rings. The summed E-state index contributed by atoms with van der Waals surface area (Å²) in [5.74, 6) is 2.51. The second-order valence-corrected chi connectivity index (χ2v) is 4.84. The van der Waals surface area contributed by atoms with Crippen molar-refractivity contribution in [3.05, 3.63) is 24.3 Å². The van der Waals surface area contributed by atoms with Gasteiger partial charge < -0.3 is 10.6 Å². The van der Waals surface area contributed by atoms with Crippen molar-refractivity contribution in [2.45, 2.75) is 12.5 Å². The van der Waals surface area contributed by atoms with Crippen molar-refractivity contribution in [3.63, 3.8) is 0 Å². The monoisotopic (exact) mass is 208 g/mol. The van der Waals surface area contributed by atoms with E-state index in [1.54, 1.807) is 0 Å². The second kappa shape index (κ2) is 4.13. The normalized spacial score (nSPS) is 21.1. The third kappa shape index (κ3) is 1.82. The van der Waals surface area contributed by atoms with Crippen molar-refractivity contribution in [3.8, 4) is 0 Å². The molecule has 76 valence electrons. The molecule has 0 bridgehead atoms. The quantitative estimate of drug-likeness (QED) is 0.756. The minimum Gasteiger partial charge on any atom is -0.397 e. The van der Waals surface area contributed by atoms with Crippen LogP contribution in [-0.4, -0.2) is 24.6 Å². The Balaban J connectivity index is 2.17. The molecule has 0 amide bonds. The number of anilines is 2. The predicted molar refractivity (Wildman–Crippen MR) is 65.0 cm³/mol. The molecule has 2 rings (SSSR count). The summed E-state index contributed by atoms with van der Waals surface area (Å²) < 4.78 is 0. The van der Waals surface area contributed by atoms with E-state index in [1.807, 2.05) is 30.0 Å². The Kier molecular flexibility index (Phi) is 2.87. The predicted octanol–water partition coefficient (Wildman–Crippen LogP) is 2.21. The van der Waals surface area contributed by atoms with Gasteiger partial charge in [-0.3, -0.25) is 0 Å². The van der Waals surface area contributed by atoms with Gasteiger partial charge >= 0.3 is 0 Å². The molecule has 3 heteroatoms. The summed E-state index contributed by atoms with van der Waals surface area (Å²) in [4.78, 5) is 2.31. The lowest BCUT2D eigenvalue weighted by atomic mass is 10.2. The molecule has 0 aromatic heterocycles. The fraction of sp³-hybridized carbons (Fsp3) is 0.455. The Bertz CT molecular complexity index is 308. The molecular weight excluding hydrogens is 192 g/mol. The maximum Gasteiger partial charge on any atom is 0.0600 e. The highest BCUT2D eigenvalue weighted by molar-refractivity contribution is 7.99. The zero-order valence-electron chi connectivity index (χ0n) is 8.44. The smallest absolute Gasteiger partial charge is 0.0600 e. The fourth-order valence-corrected chi connectivity index (χ4v) is 3.10. The first-order chi connectivity index (χ1) is 6.79. The fourth-order valence-electron chi connectivity index (χ4n) is 1.83. The lowest BCUT2D eigenvalue weighted by molar-refractivity contribution is 0.701. The van der Waals surface area contributed by atoms with Gasteiger partial charge in [-0.1, -0.05) is 12.1 Å². The SMILES string of the molecule is CN(c1ccccc1N)C1CCSC1. The Morgan fingerprint density at radius 1 is 1.43 bits per heavy atom. The van der Waals surface area contributed by atoms with Crippen molar-refractivity contribution in [1.29, 1.82) is 0 Å². The minimum absolute atomic E-state index is 0.657. The highest BCUT2D eigenvalue weighted by atomic mass is 32.2. The molecule has 1 heterocycles. The first-order valence-corrected chi connectivity index (χ1v) is 6.09. The molecule has 0 saturated carbocycles. The van der Waals surface area contributed by atoms with Crippen molar-refractivity contribution < 1.29 is 0 Å². The van der Waals surface area contributed by atoms with Gasteiger partial charge in [0, 0.05) is 18.8 Å². The van der Waals surface area contributed by atoms with E-state index in [2.05, 4.69) is 18.0 Å². The number of hydrogen-bond donors (Lipinski definition) is 1. The Labute approximate surface area is 89.5 Å². The zero-order chi connectivity index (χ0) is 9.97. The first kappa shape index (κ1) is 9.71. The largest absolute Gasteiger partial charge is 0.397 e. The number of nitrogens with zero attached hydrogens (tertiary/aromatic N) is 1. The van der Waals surface area contributed by atoms with Crippen LogP contribution in [0, 0.1) is 0 Å². The van der Waals surface area contributed by atoms with Gasteiger partial charge in [-0.15, -0.1) is 0 Å². The number of benzene rings is 1. The Morgan fingerprint density at radius 3 is 2.86 bits per heavy atom. The van der Waals surface area contributed by atoms with Gasteiger partial charge in [0.05, 0.1) is 11.4 Å². The topological polar surface area (TPSA) is 29.3 Å². The van der Waals surface area contributed by atoms with E-state index < -0.39 is 0 Å². The van der Waals surface area contributed by atoms with Crippen LogP contribution in [0.1, 0.15) is 6.42 Å². The third-order valence-electron chi connectivity index (χ3n) is 2.77. The van der Waals surface area contributed by atoms with Gasteiger partial charge in [-0.25, -0.2) is 0 Å². The summed E-state index contributed by atoms with van der Waals surface area (Å²) in [6.45, 7) is 0. The lowest BCUT2D eigenvalue weighted by Crippen LogP contribution is -2.31. The molecule has 1 saturated heterocycles. The van der Waals surface area contributed by atoms with Crippen molar-refractivity contribution in [1.82, 2.24) is 0 Å². The van der Waals surface area contributed by atoms with Crippen LogP contribution in [0.4, 0.5) is 11.4 Å². The molecule has 0 aliphatic carbocycles. The van der Waals surface area contributed by atoms with Gasteiger partial charge in [0.15, 0.2) is 0 Å². The summed E-state index contributed by atoms with van der Waals surface area (Å²) >= 11 is 2.03. The molecule has 1 aliphatic rings. The van der Waals surface area contributed by atoms with E-state index in [9.17, 15) is 0 Å². The van der Waals surface area contributed by atoms with Crippen LogP contribution in [0.15, 0.2) is 24.3 Å². The average Bonchev–Trinajstić information content (AvgIpc) is 2.70. The Morgan fingerprint density at radius 2 is 2.21 bits per heavy atom. The number of para-hydroxylation sites is 2. The number of hydrogen-bond acceptors (Lipinski definition) is 3. The van der Waals surface area contributed by atoms with Crippen LogP contribution in [0.25, 0.3) is 0 Å². The summed E-state index contributed by atoms with van der Waals surface area (Å²) in [6, 6.07) is 8.75. The summed E-state index contributed by atoms with van der Waals surface area (Å²) in [5.41, 5.74) is 7.99. The van der Waals surface area contributed by atoms with Crippen LogP contribution in [0.5, 0.6) is 0 Å². The maximum absolute atomic E-state index is 5.94. The number of nitrogen functional groups attached to an aromatic ring is 1. The molecule has 2 N–H and O–H groups in total. The van der Waals surface area contributed by atoms with Gasteiger partial charge in [-0.05, 0) is 24.3 Å². The van der Waals surface area contributed by atoms with Crippen molar-refractivity contribution in [2.75, 3.05) is 29.2 Å². The van der Waals surface area contributed by atoms with Gasteiger partial charge in [0.1, 0.15) is 0 Å². The van der Waals surface area contributed by atoms with E-state index in [0.29, 0.717) is 6.04 Å². The van der Waals surface area contributed by atoms with Crippen molar-refractivity contribution in [2.24, 2.45) is 0 Å². The van der Waals surface area contributed by atoms with E-state index in [1.165, 1.54) is 23.6 Å². The molecule has 0 radical (unpaired) electrons. The van der Waals surface area contributed by atoms with Crippen molar-refractivity contribution >= 4 is 23.1 Å². The van der Waals surface area contributed by atoms with E-state index in [-0.39, 0.29) is 0 Å². The molecule has 0 spiro atoms. The molecular formula is C11H16N2S. The van der Waals surface area contributed by atoms with Crippen LogP contribution < -0.4 is 10.6 Å². The second-order valence-electron chi connectivity index (χ2n) is 3.69. The standard InChI is InChI=1S/C11H16N2S/c1-13(9-6-7-14-8-9)11-5-3-2-4-10(11)12/h2-5,9H,6-8,12H2,1H3. The third-order valence-corrected chi connectivity index (χ3v) is 3.91. The van der Waals surface area contributed by atoms with Gasteiger partial charge in [-0.2, -0.15) is 11.8 Å². The number of nitrogens with two attached hydrogens (primary N) is 1. The minimum atomic E-state index is 0.657. The van der Waals surface area contributed by atoms with Crippen LogP contribution in [0.2, 0.25) is 0 Å². The number of rotatable bonds is 2. The van der Waals surface area contributed by atoms with E-state index >= 15 is 0 Å². The molecule has 1 aliphatic heterocycles. The van der Waals surface area contributed by atoms with E-state index in [0.717, 1.165) is 5.69 Å². The first-order valence-electron chi connectivity index (χ1n) is 4.94. The van der Waals surface area contributed by atoms with Crippen LogP contribution in [0.3, 0.4) is 0 Å². The molecule has 14 heavy (non-hydrogen) atoms. The Hall–Kier alpha value is -0.830. The van der Waals surface area contributed by atoms with Crippen LogP contribution >= 0.6 is 11.8 Å². The molecule has 1 atom stereocenters. The van der Waals surface area contributed by atoms with E-state index in [4.69, 9.17) is 5.73 Å². The molecule has 1 fully saturated rings. The summed E-state index contributed by atoms with van der Waals surface area (Å²) in [6.07, 6.45) is 1.27. The molecule has 1 unspecified atom stereocenters. The molecule has 1 aromatic carbocycles. The highest BCUT2D eigenvalue weighted by Gasteiger charge is 2.21. The van der Waals surface area contributed by atoms with Gasteiger partial charge in [0.25, 0.3) is 0 Å². The lowest BCUT2D eigenvalue weighted by Gasteiger charge is -2.27. The highest BCUT2D eigenvalue weighted by Crippen LogP contribution is 2.29. The maximum atomic E-state index is 5.94. The molecule has 2 nitrogen and oxygen atoms in total. The van der Waals surface area contributed by atoms with Crippen LogP contribution in [-0.2, 0) is 0 Å².